The average molecular weight is 262 g/mol. The summed E-state index contributed by atoms with van der Waals surface area (Å²) in [5.41, 5.74) is 6.07. The SMILES string of the molecule is CCCn1cc(Oc2cccnc2C(N)=S)cn1. The number of rotatable bonds is 5. The van der Waals surface area contributed by atoms with E-state index in [0.717, 1.165) is 13.0 Å². The molecule has 0 aliphatic carbocycles. The summed E-state index contributed by atoms with van der Waals surface area (Å²) in [5.74, 6) is 1.19. The number of aryl methyl sites for hydroxylation is 1. The molecule has 0 unspecified atom stereocenters. The summed E-state index contributed by atoms with van der Waals surface area (Å²) in [5, 5.41) is 4.18. The second kappa shape index (κ2) is 5.59. The van der Waals surface area contributed by atoms with Crippen LogP contribution in [0, 0.1) is 0 Å². The largest absolute Gasteiger partial charge is 0.452 e. The Bertz CT molecular complexity index is 553. The van der Waals surface area contributed by atoms with Crippen LogP contribution in [0.2, 0.25) is 0 Å². The minimum Gasteiger partial charge on any atom is -0.452 e. The van der Waals surface area contributed by atoms with Crippen molar-refractivity contribution in [1.82, 2.24) is 14.8 Å². The molecule has 2 rings (SSSR count). The summed E-state index contributed by atoms with van der Waals surface area (Å²) in [6, 6.07) is 3.55. The van der Waals surface area contributed by atoms with Gasteiger partial charge in [-0.1, -0.05) is 19.1 Å². The van der Waals surface area contributed by atoms with Gasteiger partial charge in [-0.25, -0.2) is 4.98 Å². The summed E-state index contributed by atoms with van der Waals surface area (Å²) in [4.78, 5) is 4.31. The van der Waals surface area contributed by atoms with Gasteiger partial charge in [0.15, 0.2) is 11.5 Å². The van der Waals surface area contributed by atoms with E-state index in [9.17, 15) is 0 Å². The Morgan fingerprint density at radius 1 is 1.56 bits per heavy atom. The van der Waals surface area contributed by atoms with Crippen molar-refractivity contribution < 1.29 is 4.74 Å². The molecule has 5 nitrogen and oxygen atoms in total. The van der Waals surface area contributed by atoms with E-state index in [1.54, 1.807) is 24.5 Å². The smallest absolute Gasteiger partial charge is 0.165 e. The topological polar surface area (TPSA) is 66.0 Å². The summed E-state index contributed by atoms with van der Waals surface area (Å²) in [6.45, 7) is 2.95. The molecule has 2 heterocycles. The molecule has 18 heavy (non-hydrogen) atoms. The molecule has 6 heteroatoms. The fraction of sp³-hybridized carbons (Fsp3) is 0.250. The Morgan fingerprint density at radius 3 is 3.11 bits per heavy atom. The number of hydrogen-bond acceptors (Lipinski definition) is 4. The molecule has 0 aromatic carbocycles. The van der Waals surface area contributed by atoms with E-state index in [0.29, 0.717) is 17.2 Å². The van der Waals surface area contributed by atoms with Crippen molar-refractivity contribution in [3.8, 4) is 11.5 Å². The molecule has 0 radical (unpaired) electrons. The van der Waals surface area contributed by atoms with Crippen molar-refractivity contribution in [2.24, 2.45) is 5.73 Å². The fourth-order valence-electron chi connectivity index (χ4n) is 1.53. The normalized spacial score (nSPS) is 10.3. The van der Waals surface area contributed by atoms with Crippen LogP contribution in [-0.2, 0) is 6.54 Å². The number of nitrogens with two attached hydrogens (primary N) is 1. The molecule has 0 fully saturated rings. The van der Waals surface area contributed by atoms with Gasteiger partial charge in [0.05, 0.1) is 12.4 Å². The van der Waals surface area contributed by atoms with Gasteiger partial charge in [-0.05, 0) is 18.6 Å². The van der Waals surface area contributed by atoms with E-state index >= 15 is 0 Å². The van der Waals surface area contributed by atoms with E-state index in [-0.39, 0.29) is 4.99 Å². The van der Waals surface area contributed by atoms with Crippen molar-refractivity contribution in [3.05, 3.63) is 36.4 Å². The first-order valence-corrected chi connectivity index (χ1v) is 6.06. The highest BCUT2D eigenvalue weighted by Crippen LogP contribution is 2.23. The maximum Gasteiger partial charge on any atom is 0.165 e. The number of aromatic nitrogens is 3. The van der Waals surface area contributed by atoms with Gasteiger partial charge in [-0.15, -0.1) is 0 Å². The lowest BCUT2D eigenvalue weighted by molar-refractivity contribution is 0.477. The van der Waals surface area contributed by atoms with Crippen molar-refractivity contribution in [1.29, 1.82) is 0 Å². The number of thiocarbonyl (C=S) groups is 1. The third kappa shape index (κ3) is 2.84. The molecular formula is C12H14N4OS. The van der Waals surface area contributed by atoms with Crippen LogP contribution >= 0.6 is 12.2 Å². The molecule has 0 aliphatic heterocycles. The number of pyridine rings is 1. The van der Waals surface area contributed by atoms with Gasteiger partial charge < -0.3 is 10.5 Å². The molecule has 2 N–H and O–H groups in total. The molecule has 0 spiro atoms. The number of hydrogen-bond donors (Lipinski definition) is 1. The van der Waals surface area contributed by atoms with Crippen LogP contribution in [0.3, 0.4) is 0 Å². The van der Waals surface area contributed by atoms with E-state index in [1.807, 2.05) is 10.9 Å². The molecule has 0 saturated carbocycles. The van der Waals surface area contributed by atoms with E-state index < -0.39 is 0 Å². The molecule has 0 saturated heterocycles. The Hall–Kier alpha value is -1.95. The van der Waals surface area contributed by atoms with Gasteiger partial charge >= 0.3 is 0 Å². The zero-order valence-electron chi connectivity index (χ0n) is 10.0. The van der Waals surface area contributed by atoms with Crippen LogP contribution in [0.25, 0.3) is 0 Å². The number of nitrogens with zero attached hydrogens (tertiary/aromatic N) is 3. The Morgan fingerprint density at radius 2 is 2.39 bits per heavy atom. The van der Waals surface area contributed by atoms with E-state index in [1.165, 1.54) is 0 Å². The molecule has 0 aliphatic rings. The average Bonchev–Trinajstić information content (AvgIpc) is 2.77. The van der Waals surface area contributed by atoms with Crippen LogP contribution in [0.15, 0.2) is 30.7 Å². The predicted molar refractivity (Wildman–Crippen MR) is 72.7 cm³/mol. The number of ether oxygens (including phenoxy) is 1. The van der Waals surface area contributed by atoms with Crippen LogP contribution in [0.4, 0.5) is 0 Å². The van der Waals surface area contributed by atoms with Gasteiger partial charge in [0, 0.05) is 12.7 Å². The highest BCUT2D eigenvalue weighted by molar-refractivity contribution is 7.80. The summed E-state index contributed by atoms with van der Waals surface area (Å²) in [7, 11) is 0. The van der Waals surface area contributed by atoms with Gasteiger partial charge in [0.1, 0.15) is 10.7 Å². The summed E-state index contributed by atoms with van der Waals surface area (Å²) in [6.07, 6.45) is 6.14. The second-order valence-electron chi connectivity index (χ2n) is 3.76. The standard InChI is InChI=1S/C12H14N4OS/c1-2-6-16-8-9(7-15-16)17-10-4-3-5-14-11(10)12(13)18/h3-5,7-8H,2,6H2,1H3,(H2,13,18). The van der Waals surface area contributed by atoms with Gasteiger partial charge in [-0.3, -0.25) is 4.68 Å². The summed E-state index contributed by atoms with van der Waals surface area (Å²) >= 11 is 4.93. The fourth-order valence-corrected chi connectivity index (χ4v) is 1.69. The zero-order chi connectivity index (χ0) is 13.0. The third-order valence-corrected chi connectivity index (χ3v) is 2.49. The lowest BCUT2D eigenvalue weighted by Gasteiger charge is -2.06. The highest BCUT2D eigenvalue weighted by atomic mass is 32.1. The highest BCUT2D eigenvalue weighted by Gasteiger charge is 2.09. The van der Waals surface area contributed by atoms with Crippen molar-refractivity contribution >= 4 is 17.2 Å². The monoisotopic (exact) mass is 262 g/mol. The molecule has 94 valence electrons. The minimum atomic E-state index is 0.214. The molecular weight excluding hydrogens is 248 g/mol. The van der Waals surface area contributed by atoms with Crippen LogP contribution < -0.4 is 10.5 Å². The Kier molecular flexibility index (Phi) is 3.88. The van der Waals surface area contributed by atoms with Gasteiger partial charge in [0.25, 0.3) is 0 Å². The minimum absolute atomic E-state index is 0.214. The van der Waals surface area contributed by atoms with Crippen LogP contribution in [0.1, 0.15) is 19.0 Å². The Labute approximate surface area is 111 Å². The first kappa shape index (κ1) is 12.5. The molecule has 2 aromatic heterocycles. The quantitative estimate of drug-likeness (QED) is 0.836. The molecule has 2 aromatic rings. The van der Waals surface area contributed by atoms with Crippen molar-refractivity contribution in [3.63, 3.8) is 0 Å². The van der Waals surface area contributed by atoms with Gasteiger partial charge in [0.2, 0.25) is 0 Å². The van der Waals surface area contributed by atoms with Gasteiger partial charge in [-0.2, -0.15) is 5.10 Å². The maximum absolute atomic E-state index is 5.68. The third-order valence-electron chi connectivity index (χ3n) is 2.29. The van der Waals surface area contributed by atoms with Crippen molar-refractivity contribution in [2.45, 2.75) is 19.9 Å². The first-order valence-electron chi connectivity index (χ1n) is 5.66. The lowest BCUT2D eigenvalue weighted by atomic mass is 10.3. The maximum atomic E-state index is 5.68. The summed E-state index contributed by atoms with van der Waals surface area (Å²) < 4.78 is 7.51. The zero-order valence-corrected chi connectivity index (χ0v) is 10.9. The van der Waals surface area contributed by atoms with Crippen molar-refractivity contribution in [2.75, 3.05) is 0 Å². The first-order chi connectivity index (χ1) is 8.70. The second-order valence-corrected chi connectivity index (χ2v) is 4.20. The Balaban J connectivity index is 2.20. The molecule has 0 amide bonds. The lowest BCUT2D eigenvalue weighted by Crippen LogP contribution is -2.12. The molecule has 0 bridgehead atoms. The van der Waals surface area contributed by atoms with E-state index in [4.69, 9.17) is 22.7 Å². The molecule has 0 atom stereocenters. The van der Waals surface area contributed by atoms with Crippen LogP contribution in [0.5, 0.6) is 11.5 Å². The predicted octanol–water partition coefficient (Wildman–Crippen LogP) is 2.11. The van der Waals surface area contributed by atoms with E-state index in [2.05, 4.69) is 17.0 Å². The van der Waals surface area contributed by atoms with Crippen LogP contribution in [-0.4, -0.2) is 19.8 Å².